The molecule has 0 unspecified atom stereocenters. The van der Waals surface area contributed by atoms with Gasteiger partial charge in [0.15, 0.2) is 0 Å². The van der Waals surface area contributed by atoms with E-state index in [-0.39, 0.29) is 0 Å². The van der Waals surface area contributed by atoms with Crippen LogP contribution < -0.4 is 10.5 Å². The van der Waals surface area contributed by atoms with Gasteiger partial charge in [0.2, 0.25) is 0 Å². The highest BCUT2D eigenvalue weighted by molar-refractivity contribution is 7.99. The minimum Gasteiger partial charge on any atom is -0.497 e. The quantitative estimate of drug-likeness (QED) is 0.800. The SMILES string of the molecule is COc1cccc(Sc2nc3ccccn3c2CN)c1. The molecule has 2 N–H and O–H groups in total. The standard InChI is InChI=1S/C15H15N3OS/c1-19-11-5-4-6-12(9-11)20-15-13(10-16)18-8-3-2-7-14(18)17-15/h2-9H,10,16H2,1H3. The molecule has 2 aromatic heterocycles. The molecule has 2 heterocycles. The lowest BCUT2D eigenvalue weighted by atomic mass is 10.3. The van der Waals surface area contributed by atoms with Gasteiger partial charge in [-0.3, -0.25) is 0 Å². The second-order valence-electron chi connectivity index (χ2n) is 4.28. The van der Waals surface area contributed by atoms with Crippen LogP contribution in [0.4, 0.5) is 0 Å². The van der Waals surface area contributed by atoms with Gasteiger partial charge in [0, 0.05) is 17.6 Å². The summed E-state index contributed by atoms with van der Waals surface area (Å²) in [4.78, 5) is 5.73. The summed E-state index contributed by atoms with van der Waals surface area (Å²) in [5.74, 6) is 0.841. The molecule has 0 fully saturated rings. The van der Waals surface area contributed by atoms with Gasteiger partial charge in [-0.05, 0) is 30.3 Å². The van der Waals surface area contributed by atoms with E-state index in [0.29, 0.717) is 6.54 Å². The third kappa shape index (κ3) is 2.37. The van der Waals surface area contributed by atoms with Gasteiger partial charge in [0.1, 0.15) is 16.4 Å². The first kappa shape index (κ1) is 13.0. The van der Waals surface area contributed by atoms with Gasteiger partial charge in [-0.15, -0.1) is 0 Å². The molecule has 20 heavy (non-hydrogen) atoms. The zero-order valence-corrected chi connectivity index (χ0v) is 11.9. The third-order valence-corrected chi connectivity index (χ3v) is 4.05. The number of hydrogen-bond donors (Lipinski definition) is 1. The second kappa shape index (κ2) is 5.56. The number of aromatic nitrogens is 2. The monoisotopic (exact) mass is 285 g/mol. The number of rotatable bonds is 4. The summed E-state index contributed by atoms with van der Waals surface area (Å²) >= 11 is 1.60. The highest BCUT2D eigenvalue weighted by atomic mass is 32.2. The van der Waals surface area contributed by atoms with Crippen molar-refractivity contribution in [2.45, 2.75) is 16.5 Å². The van der Waals surface area contributed by atoms with Crippen molar-refractivity contribution < 1.29 is 4.74 Å². The first-order valence-electron chi connectivity index (χ1n) is 6.30. The number of fused-ring (bicyclic) bond motifs is 1. The van der Waals surface area contributed by atoms with E-state index in [9.17, 15) is 0 Å². The van der Waals surface area contributed by atoms with Gasteiger partial charge in [-0.1, -0.05) is 23.9 Å². The van der Waals surface area contributed by atoms with Crippen LogP contribution in [0.2, 0.25) is 0 Å². The molecule has 4 nitrogen and oxygen atoms in total. The number of ether oxygens (including phenoxy) is 1. The Morgan fingerprint density at radius 2 is 2.15 bits per heavy atom. The third-order valence-electron chi connectivity index (χ3n) is 3.04. The Morgan fingerprint density at radius 1 is 1.25 bits per heavy atom. The summed E-state index contributed by atoms with van der Waals surface area (Å²) in [6.07, 6.45) is 1.99. The van der Waals surface area contributed by atoms with Gasteiger partial charge in [0.25, 0.3) is 0 Å². The van der Waals surface area contributed by atoms with Crippen molar-refractivity contribution in [2.24, 2.45) is 5.73 Å². The highest BCUT2D eigenvalue weighted by Crippen LogP contribution is 2.32. The maximum absolute atomic E-state index is 5.87. The maximum atomic E-state index is 5.87. The molecule has 5 heteroatoms. The highest BCUT2D eigenvalue weighted by Gasteiger charge is 2.12. The van der Waals surface area contributed by atoms with Gasteiger partial charge in [-0.25, -0.2) is 4.98 Å². The summed E-state index contributed by atoms with van der Waals surface area (Å²) < 4.78 is 7.27. The van der Waals surface area contributed by atoms with E-state index in [1.807, 2.05) is 53.1 Å². The Kier molecular flexibility index (Phi) is 3.62. The van der Waals surface area contributed by atoms with Crippen LogP contribution in [-0.2, 0) is 6.54 Å². The van der Waals surface area contributed by atoms with Gasteiger partial charge < -0.3 is 14.9 Å². The van der Waals surface area contributed by atoms with Crippen molar-refractivity contribution >= 4 is 17.4 Å². The van der Waals surface area contributed by atoms with Crippen molar-refractivity contribution in [1.82, 2.24) is 9.38 Å². The van der Waals surface area contributed by atoms with Gasteiger partial charge in [-0.2, -0.15) is 0 Å². The number of nitrogens with two attached hydrogens (primary N) is 1. The molecule has 102 valence electrons. The first-order valence-corrected chi connectivity index (χ1v) is 7.11. The molecule has 1 aromatic carbocycles. The molecule has 0 saturated heterocycles. The molecule has 0 aliphatic heterocycles. The van der Waals surface area contributed by atoms with E-state index in [0.717, 1.165) is 27.0 Å². The Morgan fingerprint density at radius 3 is 2.95 bits per heavy atom. The molecule has 3 aromatic rings. The van der Waals surface area contributed by atoms with E-state index in [1.165, 1.54) is 0 Å². The molecule has 0 spiro atoms. The topological polar surface area (TPSA) is 52.5 Å². The van der Waals surface area contributed by atoms with Crippen LogP contribution in [0.1, 0.15) is 5.69 Å². The van der Waals surface area contributed by atoms with Crippen LogP contribution in [0.15, 0.2) is 58.6 Å². The Balaban J connectivity index is 2.01. The minimum absolute atomic E-state index is 0.456. The summed E-state index contributed by atoms with van der Waals surface area (Å²) in [5, 5.41) is 0.937. The number of imidazole rings is 1. The Hall–Kier alpha value is -1.98. The molecule has 3 rings (SSSR count). The minimum atomic E-state index is 0.456. The molecule has 0 atom stereocenters. The molecular weight excluding hydrogens is 270 g/mol. The van der Waals surface area contributed by atoms with Gasteiger partial charge >= 0.3 is 0 Å². The fraction of sp³-hybridized carbons (Fsp3) is 0.133. The van der Waals surface area contributed by atoms with Crippen molar-refractivity contribution in [3.63, 3.8) is 0 Å². The largest absolute Gasteiger partial charge is 0.497 e. The number of benzene rings is 1. The smallest absolute Gasteiger partial charge is 0.138 e. The van der Waals surface area contributed by atoms with Crippen LogP contribution in [0.5, 0.6) is 5.75 Å². The van der Waals surface area contributed by atoms with Crippen LogP contribution in [-0.4, -0.2) is 16.5 Å². The average Bonchev–Trinajstić information content (AvgIpc) is 2.84. The predicted octanol–water partition coefficient (Wildman–Crippen LogP) is 2.95. The lowest BCUT2D eigenvalue weighted by Crippen LogP contribution is -2.01. The maximum Gasteiger partial charge on any atom is 0.138 e. The predicted molar refractivity (Wildman–Crippen MR) is 80.2 cm³/mol. The second-order valence-corrected chi connectivity index (χ2v) is 5.34. The number of hydrogen-bond acceptors (Lipinski definition) is 4. The van der Waals surface area contributed by atoms with E-state index < -0.39 is 0 Å². The van der Waals surface area contributed by atoms with Crippen LogP contribution >= 0.6 is 11.8 Å². The Labute approximate surface area is 121 Å². The molecule has 0 saturated carbocycles. The van der Waals surface area contributed by atoms with Crippen molar-refractivity contribution in [3.05, 3.63) is 54.4 Å². The molecule has 0 aliphatic rings. The Bertz CT molecular complexity index is 739. The summed E-state index contributed by atoms with van der Waals surface area (Å²) in [6, 6.07) is 13.9. The number of pyridine rings is 1. The van der Waals surface area contributed by atoms with Crippen LogP contribution in [0.25, 0.3) is 5.65 Å². The molecule has 0 aliphatic carbocycles. The first-order chi connectivity index (χ1) is 9.81. The van der Waals surface area contributed by atoms with Crippen molar-refractivity contribution in [3.8, 4) is 5.75 Å². The van der Waals surface area contributed by atoms with Gasteiger partial charge in [0.05, 0.1) is 12.8 Å². The van der Waals surface area contributed by atoms with Crippen LogP contribution in [0, 0.1) is 0 Å². The lowest BCUT2D eigenvalue weighted by Gasteiger charge is -2.04. The van der Waals surface area contributed by atoms with Crippen molar-refractivity contribution in [2.75, 3.05) is 7.11 Å². The summed E-state index contributed by atoms with van der Waals surface area (Å²) in [6.45, 7) is 0.456. The van der Waals surface area contributed by atoms with E-state index in [4.69, 9.17) is 10.5 Å². The zero-order valence-electron chi connectivity index (χ0n) is 11.1. The van der Waals surface area contributed by atoms with E-state index in [1.54, 1.807) is 18.9 Å². The molecular formula is C15H15N3OS. The normalized spacial score (nSPS) is 10.9. The lowest BCUT2D eigenvalue weighted by molar-refractivity contribution is 0.413. The molecule has 0 amide bonds. The van der Waals surface area contributed by atoms with Crippen molar-refractivity contribution in [1.29, 1.82) is 0 Å². The fourth-order valence-electron chi connectivity index (χ4n) is 2.07. The number of nitrogens with zero attached hydrogens (tertiary/aromatic N) is 2. The average molecular weight is 285 g/mol. The summed E-state index contributed by atoms with van der Waals surface area (Å²) in [5.41, 5.74) is 7.81. The van der Waals surface area contributed by atoms with E-state index >= 15 is 0 Å². The fourth-order valence-corrected chi connectivity index (χ4v) is 3.05. The zero-order chi connectivity index (χ0) is 13.9. The van der Waals surface area contributed by atoms with Crippen LogP contribution in [0.3, 0.4) is 0 Å². The number of methoxy groups -OCH3 is 1. The summed E-state index contributed by atoms with van der Waals surface area (Å²) in [7, 11) is 1.67. The van der Waals surface area contributed by atoms with E-state index in [2.05, 4.69) is 4.98 Å². The molecule has 0 bridgehead atoms. The molecule has 0 radical (unpaired) electrons.